The molecular formula is C23H30N2OSi. The molecule has 4 heteroatoms. The van der Waals surface area contributed by atoms with Crippen molar-refractivity contribution < 1.29 is 4.43 Å². The Balaban J connectivity index is 1.97. The summed E-state index contributed by atoms with van der Waals surface area (Å²) in [6, 6.07) is 21.5. The highest BCUT2D eigenvalue weighted by Gasteiger charge is 2.38. The van der Waals surface area contributed by atoms with E-state index in [1.54, 1.807) is 0 Å². The van der Waals surface area contributed by atoms with Crippen molar-refractivity contribution in [1.82, 2.24) is 5.32 Å². The summed E-state index contributed by atoms with van der Waals surface area (Å²) in [7, 11) is -1.66. The van der Waals surface area contributed by atoms with Gasteiger partial charge in [-0.2, -0.15) is 5.26 Å². The highest BCUT2D eigenvalue weighted by molar-refractivity contribution is 6.69. The van der Waals surface area contributed by atoms with Gasteiger partial charge in [-0.3, -0.25) is 5.32 Å². The number of nitrogens with zero attached hydrogens (tertiary/aromatic N) is 1. The SMILES string of the molecule is C[Si](C)(C)OC[C@H](N[C@@]1(C#N)CCCCc2ccccc21)c1ccccc1. The van der Waals surface area contributed by atoms with Gasteiger partial charge in [0.1, 0.15) is 5.54 Å². The van der Waals surface area contributed by atoms with Crippen LogP contribution >= 0.6 is 0 Å². The van der Waals surface area contributed by atoms with E-state index in [4.69, 9.17) is 4.43 Å². The average molecular weight is 379 g/mol. The van der Waals surface area contributed by atoms with Crippen molar-refractivity contribution >= 4 is 8.32 Å². The van der Waals surface area contributed by atoms with Gasteiger partial charge in [0.15, 0.2) is 8.32 Å². The van der Waals surface area contributed by atoms with E-state index < -0.39 is 13.9 Å². The van der Waals surface area contributed by atoms with E-state index in [9.17, 15) is 5.26 Å². The van der Waals surface area contributed by atoms with Crippen molar-refractivity contribution in [3.8, 4) is 6.07 Å². The maximum atomic E-state index is 10.3. The monoisotopic (exact) mass is 378 g/mol. The number of hydrogen-bond acceptors (Lipinski definition) is 3. The lowest BCUT2D eigenvalue weighted by Gasteiger charge is -2.35. The van der Waals surface area contributed by atoms with E-state index in [0.717, 1.165) is 31.2 Å². The molecule has 0 amide bonds. The highest BCUT2D eigenvalue weighted by Crippen LogP contribution is 2.36. The minimum absolute atomic E-state index is 0.0104. The Morgan fingerprint density at radius 3 is 2.48 bits per heavy atom. The van der Waals surface area contributed by atoms with Crippen LogP contribution in [0.25, 0.3) is 0 Å². The third-order valence-corrected chi connectivity index (χ3v) is 6.25. The lowest BCUT2D eigenvalue weighted by molar-refractivity contribution is 0.225. The molecule has 1 N–H and O–H groups in total. The molecule has 1 aliphatic carbocycles. The van der Waals surface area contributed by atoms with Gasteiger partial charge in [0, 0.05) is 0 Å². The Hall–Kier alpha value is -1.93. The lowest BCUT2D eigenvalue weighted by atomic mass is 9.84. The summed E-state index contributed by atoms with van der Waals surface area (Å²) in [5, 5.41) is 14.0. The van der Waals surface area contributed by atoms with Crippen molar-refractivity contribution in [2.75, 3.05) is 6.61 Å². The fourth-order valence-electron chi connectivity index (χ4n) is 3.83. The molecule has 0 heterocycles. The maximum absolute atomic E-state index is 10.3. The highest BCUT2D eigenvalue weighted by atomic mass is 28.4. The molecule has 0 aromatic heterocycles. The predicted octanol–water partition coefficient (Wildman–Crippen LogP) is 5.31. The summed E-state index contributed by atoms with van der Waals surface area (Å²) in [6.45, 7) is 7.20. The van der Waals surface area contributed by atoms with Gasteiger partial charge >= 0.3 is 0 Å². The molecule has 0 saturated heterocycles. The van der Waals surface area contributed by atoms with Crippen LogP contribution in [-0.2, 0) is 16.4 Å². The zero-order valence-electron chi connectivity index (χ0n) is 16.7. The smallest absolute Gasteiger partial charge is 0.183 e. The summed E-state index contributed by atoms with van der Waals surface area (Å²) < 4.78 is 6.26. The van der Waals surface area contributed by atoms with Gasteiger partial charge in [0.25, 0.3) is 0 Å². The van der Waals surface area contributed by atoms with E-state index in [-0.39, 0.29) is 6.04 Å². The minimum Gasteiger partial charge on any atom is -0.416 e. The van der Waals surface area contributed by atoms with Crippen LogP contribution in [-0.4, -0.2) is 14.9 Å². The van der Waals surface area contributed by atoms with E-state index >= 15 is 0 Å². The Kier molecular flexibility index (Phi) is 6.16. The van der Waals surface area contributed by atoms with Crippen LogP contribution in [0.4, 0.5) is 0 Å². The van der Waals surface area contributed by atoms with Crippen molar-refractivity contribution in [2.24, 2.45) is 0 Å². The fraction of sp³-hybridized carbons (Fsp3) is 0.435. The second kappa shape index (κ2) is 8.39. The zero-order valence-corrected chi connectivity index (χ0v) is 17.7. The van der Waals surface area contributed by atoms with Crippen LogP contribution in [0.1, 0.15) is 42.0 Å². The first-order chi connectivity index (χ1) is 12.9. The molecule has 142 valence electrons. The predicted molar refractivity (Wildman–Crippen MR) is 113 cm³/mol. The van der Waals surface area contributed by atoms with Crippen LogP contribution in [0, 0.1) is 11.3 Å². The summed E-state index contributed by atoms with van der Waals surface area (Å²) in [5.74, 6) is 0. The fourth-order valence-corrected chi connectivity index (χ4v) is 4.50. The van der Waals surface area contributed by atoms with Crippen molar-refractivity contribution in [3.63, 3.8) is 0 Å². The number of rotatable bonds is 6. The molecule has 0 fully saturated rings. The molecule has 1 aliphatic rings. The quantitative estimate of drug-likeness (QED) is 0.547. The first kappa shape index (κ1) is 19.8. The van der Waals surface area contributed by atoms with Crippen LogP contribution in [0.5, 0.6) is 0 Å². The number of nitriles is 1. The first-order valence-electron chi connectivity index (χ1n) is 9.90. The molecule has 0 saturated carbocycles. The third kappa shape index (κ3) is 4.87. The Labute approximate surface area is 164 Å². The van der Waals surface area contributed by atoms with Crippen molar-refractivity contribution in [3.05, 3.63) is 71.3 Å². The first-order valence-corrected chi connectivity index (χ1v) is 13.3. The number of hydrogen-bond donors (Lipinski definition) is 1. The Morgan fingerprint density at radius 2 is 1.78 bits per heavy atom. The van der Waals surface area contributed by atoms with Crippen LogP contribution in [0.15, 0.2) is 54.6 Å². The second-order valence-corrected chi connectivity index (χ2v) is 12.9. The molecule has 27 heavy (non-hydrogen) atoms. The molecule has 0 unspecified atom stereocenters. The van der Waals surface area contributed by atoms with Gasteiger partial charge in [-0.25, -0.2) is 0 Å². The van der Waals surface area contributed by atoms with E-state index in [1.807, 2.05) is 12.1 Å². The van der Waals surface area contributed by atoms with Gasteiger partial charge in [0.05, 0.1) is 18.7 Å². The van der Waals surface area contributed by atoms with Crippen LogP contribution < -0.4 is 5.32 Å². The standard InChI is InChI=1S/C23H30N2OSi/c1-27(2,3)26-17-22(20-13-5-4-6-14-20)25-23(18-24)16-10-9-12-19-11-7-8-15-21(19)23/h4-8,11,13-15,22,25H,9-10,12,16-17H2,1-3H3/t22-,23+/m0/s1. The maximum Gasteiger partial charge on any atom is 0.183 e. The number of benzene rings is 2. The topological polar surface area (TPSA) is 45.0 Å². The van der Waals surface area contributed by atoms with Gasteiger partial charge in [-0.05, 0) is 62.0 Å². The molecule has 3 nitrogen and oxygen atoms in total. The minimum atomic E-state index is -1.66. The number of fused-ring (bicyclic) bond motifs is 1. The molecule has 0 aliphatic heterocycles. The van der Waals surface area contributed by atoms with Gasteiger partial charge < -0.3 is 4.43 Å². The molecular weight excluding hydrogens is 348 g/mol. The van der Waals surface area contributed by atoms with E-state index in [0.29, 0.717) is 6.61 Å². The second-order valence-electron chi connectivity index (χ2n) is 8.41. The Bertz CT molecular complexity index is 794. The van der Waals surface area contributed by atoms with Crippen LogP contribution in [0.3, 0.4) is 0 Å². The summed E-state index contributed by atoms with van der Waals surface area (Å²) in [5.41, 5.74) is 2.93. The lowest BCUT2D eigenvalue weighted by Crippen LogP contribution is -2.46. The van der Waals surface area contributed by atoms with Gasteiger partial charge in [-0.1, -0.05) is 54.6 Å². The molecule has 3 rings (SSSR count). The van der Waals surface area contributed by atoms with Gasteiger partial charge in [0.2, 0.25) is 0 Å². The normalized spacial score (nSPS) is 21.0. The Morgan fingerprint density at radius 1 is 1.07 bits per heavy atom. The van der Waals surface area contributed by atoms with E-state index in [2.05, 4.69) is 73.5 Å². The number of nitrogens with one attached hydrogen (secondary N) is 1. The largest absolute Gasteiger partial charge is 0.416 e. The van der Waals surface area contributed by atoms with Crippen LogP contribution in [0.2, 0.25) is 19.6 Å². The van der Waals surface area contributed by atoms with Crippen molar-refractivity contribution in [2.45, 2.75) is 56.9 Å². The molecule has 0 spiro atoms. The van der Waals surface area contributed by atoms with E-state index in [1.165, 1.54) is 11.1 Å². The summed E-state index contributed by atoms with van der Waals surface area (Å²) in [4.78, 5) is 0. The molecule has 0 radical (unpaired) electrons. The summed E-state index contributed by atoms with van der Waals surface area (Å²) >= 11 is 0. The van der Waals surface area contributed by atoms with Crippen molar-refractivity contribution in [1.29, 1.82) is 5.26 Å². The zero-order chi connectivity index (χ0) is 19.3. The molecule has 2 aromatic carbocycles. The molecule has 2 atom stereocenters. The van der Waals surface area contributed by atoms with Gasteiger partial charge in [-0.15, -0.1) is 0 Å². The molecule has 2 aromatic rings. The molecule has 0 bridgehead atoms. The average Bonchev–Trinajstić information content (AvgIpc) is 2.85. The number of aryl methyl sites for hydroxylation is 1. The summed E-state index contributed by atoms with van der Waals surface area (Å²) in [6.07, 6.45) is 4.05. The third-order valence-electron chi connectivity index (χ3n) is 5.22.